The van der Waals surface area contributed by atoms with Gasteiger partial charge >= 0.3 is 0 Å². The molecule has 90 valence electrons. The smallest absolute Gasteiger partial charge is 0.125 e. The van der Waals surface area contributed by atoms with Gasteiger partial charge < -0.3 is 5.32 Å². The average molecular weight is 332 g/mol. The summed E-state index contributed by atoms with van der Waals surface area (Å²) in [5.41, 5.74) is 2.08. The SMILES string of the molecule is CNCCc1nc(-c2ccc(Br)cc2)sc1Cl. The van der Waals surface area contributed by atoms with E-state index in [0.29, 0.717) is 0 Å². The van der Waals surface area contributed by atoms with Gasteiger partial charge in [0, 0.05) is 23.0 Å². The highest BCUT2D eigenvalue weighted by molar-refractivity contribution is 9.10. The molecule has 0 aliphatic carbocycles. The molecular weight excluding hydrogens is 320 g/mol. The molecule has 0 radical (unpaired) electrons. The van der Waals surface area contributed by atoms with Crippen molar-refractivity contribution in [1.29, 1.82) is 0 Å². The van der Waals surface area contributed by atoms with Crippen molar-refractivity contribution in [3.8, 4) is 10.6 Å². The second kappa shape index (κ2) is 5.96. The van der Waals surface area contributed by atoms with Crippen molar-refractivity contribution in [2.75, 3.05) is 13.6 Å². The molecule has 0 bridgehead atoms. The van der Waals surface area contributed by atoms with E-state index in [1.807, 2.05) is 31.3 Å². The van der Waals surface area contributed by atoms with Crippen molar-refractivity contribution in [2.24, 2.45) is 0 Å². The molecule has 0 aliphatic rings. The molecule has 1 aromatic heterocycles. The van der Waals surface area contributed by atoms with E-state index in [9.17, 15) is 0 Å². The minimum Gasteiger partial charge on any atom is -0.319 e. The largest absolute Gasteiger partial charge is 0.319 e. The van der Waals surface area contributed by atoms with E-state index in [4.69, 9.17) is 11.6 Å². The van der Waals surface area contributed by atoms with Gasteiger partial charge in [-0.05, 0) is 19.2 Å². The summed E-state index contributed by atoms with van der Waals surface area (Å²) in [5.74, 6) is 0. The number of hydrogen-bond acceptors (Lipinski definition) is 3. The lowest BCUT2D eigenvalue weighted by molar-refractivity contribution is 0.781. The van der Waals surface area contributed by atoms with Crippen LogP contribution in [0.5, 0.6) is 0 Å². The Balaban J connectivity index is 2.24. The first kappa shape index (κ1) is 13.0. The van der Waals surface area contributed by atoms with Crippen molar-refractivity contribution >= 4 is 38.9 Å². The van der Waals surface area contributed by atoms with Gasteiger partial charge in [-0.15, -0.1) is 11.3 Å². The number of hydrogen-bond donors (Lipinski definition) is 1. The highest BCUT2D eigenvalue weighted by Gasteiger charge is 2.10. The van der Waals surface area contributed by atoms with E-state index >= 15 is 0 Å². The molecule has 0 fully saturated rings. The molecule has 1 aromatic carbocycles. The van der Waals surface area contributed by atoms with Crippen LogP contribution in [0.1, 0.15) is 5.69 Å². The van der Waals surface area contributed by atoms with Gasteiger partial charge in [-0.1, -0.05) is 39.7 Å². The second-order valence-corrected chi connectivity index (χ2v) is 6.12. The topological polar surface area (TPSA) is 24.9 Å². The fourth-order valence-electron chi connectivity index (χ4n) is 1.45. The molecule has 0 unspecified atom stereocenters. The highest BCUT2D eigenvalue weighted by atomic mass is 79.9. The van der Waals surface area contributed by atoms with Crippen LogP contribution >= 0.6 is 38.9 Å². The van der Waals surface area contributed by atoms with E-state index in [-0.39, 0.29) is 0 Å². The number of rotatable bonds is 4. The first-order valence-corrected chi connectivity index (χ1v) is 7.25. The van der Waals surface area contributed by atoms with E-state index in [1.54, 1.807) is 0 Å². The van der Waals surface area contributed by atoms with E-state index in [2.05, 4.69) is 26.2 Å². The van der Waals surface area contributed by atoms with Gasteiger partial charge in [-0.3, -0.25) is 0 Å². The first-order valence-electron chi connectivity index (χ1n) is 5.26. The average Bonchev–Trinajstić information content (AvgIpc) is 2.69. The zero-order valence-corrected chi connectivity index (χ0v) is 12.5. The number of likely N-dealkylation sites (N-methyl/N-ethyl adjacent to an activating group) is 1. The molecule has 0 spiro atoms. The van der Waals surface area contributed by atoms with Gasteiger partial charge in [0.05, 0.1) is 5.69 Å². The molecule has 1 N–H and O–H groups in total. The molecule has 0 aliphatic heterocycles. The molecule has 0 amide bonds. The molecule has 2 rings (SSSR count). The monoisotopic (exact) mass is 330 g/mol. The summed E-state index contributed by atoms with van der Waals surface area (Å²) in [6, 6.07) is 8.11. The zero-order chi connectivity index (χ0) is 12.3. The fourth-order valence-corrected chi connectivity index (χ4v) is 2.91. The lowest BCUT2D eigenvalue weighted by Gasteiger charge is -1.96. The third-order valence-electron chi connectivity index (χ3n) is 2.35. The van der Waals surface area contributed by atoms with Crippen LogP contribution < -0.4 is 5.32 Å². The van der Waals surface area contributed by atoms with Gasteiger partial charge in [0.2, 0.25) is 0 Å². The lowest BCUT2D eigenvalue weighted by atomic mass is 10.2. The second-order valence-electron chi connectivity index (χ2n) is 3.60. The normalized spacial score (nSPS) is 10.8. The number of nitrogens with one attached hydrogen (secondary N) is 1. The Kier molecular flexibility index (Phi) is 4.56. The number of halogens is 2. The summed E-state index contributed by atoms with van der Waals surface area (Å²) >= 11 is 11.1. The number of benzene rings is 1. The van der Waals surface area contributed by atoms with Crippen molar-refractivity contribution in [2.45, 2.75) is 6.42 Å². The molecule has 17 heavy (non-hydrogen) atoms. The molecule has 5 heteroatoms. The van der Waals surface area contributed by atoms with Gasteiger partial charge in [0.1, 0.15) is 9.34 Å². The summed E-state index contributed by atoms with van der Waals surface area (Å²) in [7, 11) is 1.93. The summed E-state index contributed by atoms with van der Waals surface area (Å²) in [6.45, 7) is 0.892. The van der Waals surface area contributed by atoms with E-state index in [0.717, 1.165) is 38.0 Å². The molecule has 2 nitrogen and oxygen atoms in total. The van der Waals surface area contributed by atoms with E-state index < -0.39 is 0 Å². The highest BCUT2D eigenvalue weighted by Crippen LogP contribution is 2.32. The molecule has 0 atom stereocenters. The van der Waals surface area contributed by atoms with Crippen LogP contribution in [0.25, 0.3) is 10.6 Å². The first-order chi connectivity index (χ1) is 8.20. The Morgan fingerprint density at radius 2 is 2.06 bits per heavy atom. The van der Waals surface area contributed by atoms with Crippen LogP contribution in [-0.4, -0.2) is 18.6 Å². The van der Waals surface area contributed by atoms with Crippen LogP contribution in [0.15, 0.2) is 28.7 Å². The summed E-state index contributed by atoms with van der Waals surface area (Å²) < 4.78 is 1.86. The number of nitrogens with zero attached hydrogens (tertiary/aromatic N) is 1. The Labute approximate surface area is 118 Å². The maximum atomic E-state index is 6.18. The third-order valence-corrected chi connectivity index (χ3v) is 4.27. The number of aromatic nitrogens is 1. The predicted octanol–water partition coefficient (Wildman–Crippen LogP) is 3.99. The summed E-state index contributed by atoms with van der Waals surface area (Å²) in [6.07, 6.45) is 0.863. The van der Waals surface area contributed by atoms with Crippen molar-refractivity contribution in [1.82, 2.24) is 10.3 Å². The molecule has 1 heterocycles. The van der Waals surface area contributed by atoms with Crippen LogP contribution in [0.3, 0.4) is 0 Å². The Hall–Kier alpha value is -0.420. The van der Waals surface area contributed by atoms with Gasteiger partial charge in [-0.2, -0.15) is 0 Å². The number of thiazole rings is 1. The fraction of sp³-hybridized carbons (Fsp3) is 0.250. The minimum absolute atomic E-state index is 0.790. The Bertz CT molecular complexity index is 496. The zero-order valence-electron chi connectivity index (χ0n) is 9.34. The Morgan fingerprint density at radius 3 is 2.71 bits per heavy atom. The van der Waals surface area contributed by atoms with Crippen LogP contribution in [-0.2, 0) is 6.42 Å². The van der Waals surface area contributed by atoms with Crippen molar-refractivity contribution in [3.05, 3.63) is 38.8 Å². The molecule has 0 saturated heterocycles. The van der Waals surface area contributed by atoms with Crippen LogP contribution in [0.4, 0.5) is 0 Å². The molecule has 0 saturated carbocycles. The maximum Gasteiger partial charge on any atom is 0.125 e. The maximum absolute atomic E-state index is 6.18. The minimum atomic E-state index is 0.790. The molecule has 2 aromatic rings. The summed E-state index contributed by atoms with van der Waals surface area (Å²) in [4.78, 5) is 4.58. The third kappa shape index (κ3) is 3.28. The van der Waals surface area contributed by atoms with Gasteiger partial charge in [-0.25, -0.2) is 4.98 Å². The predicted molar refractivity (Wildman–Crippen MR) is 77.9 cm³/mol. The quantitative estimate of drug-likeness (QED) is 0.916. The van der Waals surface area contributed by atoms with Gasteiger partial charge in [0.15, 0.2) is 0 Å². The summed E-state index contributed by atoms with van der Waals surface area (Å²) in [5, 5.41) is 4.08. The van der Waals surface area contributed by atoms with Crippen molar-refractivity contribution < 1.29 is 0 Å². The lowest BCUT2D eigenvalue weighted by Crippen LogP contribution is -2.10. The van der Waals surface area contributed by atoms with Crippen molar-refractivity contribution in [3.63, 3.8) is 0 Å². The van der Waals surface area contributed by atoms with Crippen LogP contribution in [0, 0.1) is 0 Å². The standard InChI is InChI=1S/C12H12BrClN2S/c1-15-7-6-10-11(14)17-12(16-10)8-2-4-9(13)5-3-8/h2-5,15H,6-7H2,1H3. The van der Waals surface area contributed by atoms with Crippen LogP contribution in [0.2, 0.25) is 4.34 Å². The van der Waals surface area contributed by atoms with E-state index in [1.165, 1.54) is 11.3 Å². The molecular formula is C12H12BrClN2S. The van der Waals surface area contributed by atoms with Gasteiger partial charge in [0.25, 0.3) is 0 Å². The Morgan fingerprint density at radius 1 is 1.35 bits per heavy atom.